The number of rotatable bonds is 8. The number of thioether (sulfide) groups is 1. The fourth-order valence-electron chi connectivity index (χ4n) is 2.15. The number of benzene rings is 1. The number of sulfonamides is 1. The number of halogens is 1. The summed E-state index contributed by atoms with van der Waals surface area (Å²) in [5, 5.41) is 0. The van der Waals surface area contributed by atoms with Crippen molar-refractivity contribution in [1.82, 2.24) is 4.72 Å². The topological polar surface area (TPSA) is 46.2 Å². The fraction of sp³-hybridized carbons (Fsp3) is 0.571. The Bertz CT molecular complexity index is 521. The Morgan fingerprint density at radius 2 is 1.75 bits per heavy atom. The highest BCUT2D eigenvalue weighted by molar-refractivity contribution is 7.98. The van der Waals surface area contributed by atoms with Gasteiger partial charge in [0, 0.05) is 6.54 Å². The molecule has 3 nitrogen and oxygen atoms in total. The second-order valence-electron chi connectivity index (χ2n) is 4.82. The molecule has 20 heavy (non-hydrogen) atoms. The Labute approximate surface area is 125 Å². The van der Waals surface area contributed by atoms with E-state index in [4.69, 9.17) is 0 Å². The standard InChI is InChI=1S/C14H22FNO2S2/c1-11-9-13(15)10-12(2)14(11)20(17,18)16-7-5-4-6-8-19-3/h9-10,16H,4-8H2,1-3H3. The van der Waals surface area contributed by atoms with Gasteiger partial charge in [0.05, 0.1) is 4.90 Å². The SMILES string of the molecule is CSCCCCCNS(=O)(=O)c1c(C)cc(F)cc1C. The number of hydrogen-bond acceptors (Lipinski definition) is 3. The maximum atomic E-state index is 13.2. The number of aryl methyl sites for hydroxylation is 2. The molecule has 0 saturated heterocycles. The molecule has 1 aromatic carbocycles. The molecule has 0 unspecified atom stereocenters. The molecular formula is C14H22FNO2S2. The summed E-state index contributed by atoms with van der Waals surface area (Å²) in [5.41, 5.74) is 0.884. The van der Waals surface area contributed by atoms with Crippen LogP contribution in [0, 0.1) is 19.7 Å². The van der Waals surface area contributed by atoms with E-state index in [1.165, 1.54) is 12.1 Å². The van der Waals surface area contributed by atoms with Crippen molar-refractivity contribution in [2.45, 2.75) is 38.0 Å². The lowest BCUT2D eigenvalue weighted by Gasteiger charge is -2.12. The average Bonchev–Trinajstić information content (AvgIpc) is 2.31. The summed E-state index contributed by atoms with van der Waals surface area (Å²) in [6.07, 6.45) is 4.98. The molecule has 0 aromatic heterocycles. The minimum Gasteiger partial charge on any atom is -0.211 e. The normalized spacial score (nSPS) is 11.8. The van der Waals surface area contributed by atoms with Gasteiger partial charge in [-0.1, -0.05) is 6.42 Å². The number of unbranched alkanes of at least 4 members (excludes halogenated alkanes) is 2. The van der Waals surface area contributed by atoms with E-state index in [2.05, 4.69) is 11.0 Å². The van der Waals surface area contributed by atoms with Crippen LogP contribution in [0.15, 0.2) is 17.0 Å². The molecule has 0 aliphatic carbocycles. The van der Waals surface area contributed by atoms with Crippen LogP contribution in [0.3, 0.4) is 0 Å². The zero-order valence-electron chi connectivity index (χ0n) is 12.2. The van der Waals surface area contributed by atoms with Crippen molar-refractivity contribution in [3.05, 3.63) is 29.1 Å². The third-order valence-electron chi connectivity index (χ3n) is 3.01. The van der Waals surface area contributed by atoms with Gasteiger partial charge in [0.1, 0.15) is 5.82 Å². The van der Waals surface area contributed by atoms with Gasteiger partial charge in [-0.3, -0.25) is 0 Å². The van der Waals surface area contributed by atoms with Gasteiger partial charge < -0.3 is 0 Å². The molecule has 1 rings (SSSR count). The molecule has 0 fully saturated rings. The predicted molar refractivity (Wildman–Crippen MR) is 83.3 cm³/mol. The monoisotopic (exact) mass is 319 g/mol. The highest BCUT2D eigenvalue weighted by atomic mass is 32.2. The molecule has 0 atom stereocenters. The Balaban J connectivity index is 2.66. The zero-order valence-corrected chi connectivity index (χ0v) is 13.8. The molecule has 0 aliphatic heterocycles. The Morgan fingerprint density at radius 3 is 2.30 bits per heavy atom. The van der Waals surface area contributed by atoms with E-state index < -0.39 is 15.8 Å². The first-order chi connectivity index (χ1) is 9.38. The van der Waals surface area contributed by atoms with Gasteiger partial charge in [-0.15, -0.1) is 0 Å². The summed E-state index contributed by atoms with van der Waals surface area (Å²) in [6, 6.07) is 2.50. The van der Waals surface area contributed by atoms with Crippen molar-refractivity contribution in [2.75, 3.05) is 18.6 Å². The molecule has 1 N–H and O–H groups in total. The molecule has 6 heteroatoms. The predicted octanol–water partition coefficient (Wildman–Crippen LogP) is 3.25. The lowest BCUT2D eigenvalue weighted by Crippen LogP contribution is -2.26. The third kappa shape index (κ3) is 5.07. The van der Waals surface area contributed by atoms with Gasteiger partial charge in [-0.2, -0.15) is 11.8 Å². The smallest absolute Gasteiger partial charge is 0.211 e. The summed E-state index contributed by atoms with van der Waals surface area (Å²) in [7, 11) is -3.55. The van der Waals surface area contributed by atoms with Gasteiger partial charge in [-0.25, -0.2) is 17.5 Å². The van der Waals surface area contributed by atoms with E-state index in [9.17, 15) is 12.8 Å². The molecule has 0 heterocycles. The minimum absolute atomic E-state index is 0.197. The summed E-state index contributed by atoms with van der Waals surface area (Å²) in [5.74, 6) is 0.694. The molecule has 0 saturated carbocycles. The molecule has 0 bridgehead atoms. The van der Waals surface area contributed by atoms with Crippen LogP contribution in [0.25, 0.3) is 0 Å². The van der Waals surface area contributed by atoms with Crippen LogP contribution in [0.4, 0.5) is 4.39 Å². The quantitative estimate of drug-likeness (QED) is 0.748. The van der Waals surface area contributed by atoms with Crippen molar-refractivity contribution in [3.63, 3.8) is 0 Å². The first kappa shape index (κ1) is 17.5. The van der Waals surface area contributed by atoms with Gasteiger partial charge in [0.15, 0.2) is 0 Å². The van der Waals surface area contributed by atoms with Gasteiger partial charge in [0.2, 0.25) is 10.0 Å². The van der Waals surface area contributed by atoms with Crippen LogP contribution in [-0.4, -0.2) is 27.0 Å². The molecule has 0 amide bonds. The lowest BCUT2D eigenvalue weighted by atomic mass is 10.1. The molecule has 114 valence electrons. The van der Waals surface area contributed by atoms with E-state index in [1.807, 2.05) is 0 Å². The van der Waals surface area contributed by atoms with Crippen LogP contribution in [-0.2, 0) is 10.0 Å². The third-order valence-corrected chi connectivity index (χ3v) is 5.47. The van der Waals surface area contributed by atoms with E-state index in [0.717, 1.165) is 25.0 Å². The second kappa shape index (κ2) is 8.00. The average molecular weight is 319 g/mol. The van der Waals surface area contributed by atoms with Crippen molar-refractivity contribution < 1.29 is 12.8 Å². The maximum Gasteiger partial charge on any atom is 0.241 e. The maximum absolute atomic E-state index is 13.2. The van der Waals surface area contributed by atoms with Crippen molar-refractivity contribution in [2.24, 2.45) is 0 Å². The molecule has 0 aliphatic rings. The van der Waals surface area contributed by atoms with E-state index in [-0.39, 0.29) is 4.90 Å². The van der Waals surface area contributed by atoms with Crippen LogP contribution < -0.4 is 4.72 Å². The highest BCUT2D eigenvalue weighted by Crippen LogP contribution is 2.21. The highest BCUT2D eigenvalue weighted by Gasteiger charge is 2.19. The number of nitrogens with one attached hydrogen (secondary N) is 1. The number of hydrogen-bond donors (Lipinski definition) is 1. The van der Waals surface area contributed by atoms with Crippen LogP contribution >= 0.6 is 11.8 Å². The molecule has 0 radical (unpaired) electrons. The Kier molecular flexibility index (Phi) is 6.99. The van der Waals surface area contributed by atoms with E-state index in [0.29, 0.717) is 17.7 Å². The first-order valence-corrected chi connectivity index (χ1v) is 9.51. The van der Waals surface area contributed by atoms with Crippen LogP contribution in [0.1, 0.15) is 30.4 Å². The summed E-state index contributed by atoms with van der Waals surface area (Å²) in [6.45, 7) is 3.65. The molecule has 0 spiro atoms. The summed E-state index contributed by atoms with van der Waals surface area (Å²) >= 11 is 1.79. The molecule has 1 aromatic rings. The lowest BCUT2D eigenvalue weighted by molar-refractivity contribution is 0.573. The van der Waals surface area contributed by atoms with Gasteiger partial charge >= 0.3 is 0 Å². The first-order valence-electron chi connectivity index (χ1n) is 6.64. The van der Waals surface area contributed by atoms with Crippen LogP contribution in [0.5, 0.6) is 0 Å². The summed E-state index contributed by atoms with van der Waals surface area (Å²) in [4.78, 5) is 0.197. The second-order valence-corrected chi connectivity index (χ2v) is 7.51. The van der Waals surface area contributed by atoms with E-state index >= 15 is 0 Å². The zero-order chi connectivity index (χ0) is 15.2. The van der Waals surface area contributed by atoms with Gasteiger partial charge in [0.25, 0.3) is 0 Å². The fourth-order valence-corrected chi connectivity index (χ4v) is 4.16. The van der Waals surface area contributed by atoms with Crippen molar-refractivity contribution in [1.29, 1.82) is 0 Å². The van der Waals surface area contributed by atoms with Crippen LogP contribution in [0.2, 0.25) is 0 Å². The van der Waals surface area contributed by atoms with Crippen molar-refractivity contribution >= 4 is 21.8 Å². The van der Waals surface area contributed by atoms with E-state index in [1.54, 1.807) is 25.6 Å². The molecular weight excluding hydrogens is 297 g/mol. The summed E-state index contributed by atoms with van der Waals surface area (Å²) < 4.78 is 40.3. The largest absolute Gasteiger partial charge is 0.241 e. The Hall–Kier alpha value is -0.590. The van der Waals surface area contributed by atoms with Gasteiger partial charge in [-0.05, 0) is 62.0 Å². The minimum atomic E-state index is -3.55. The van der Waals surface area contributed by atoms with Crippen molar-refractivity contribution in [3.8, 4) is 0 Å². The Morgan fingerprint density at radius 1 is 1.15 bits per heavy atom.